The monoisotopic (exact) mass is 521 g/mol. The molecule has 3 atom stereocenters. The standard InChI is InChI=1S/C24H26F3N5O5/c1-12-15-10-35-21(31-22(34)37-23(2,3)4)32-24(15,11-36-12)14-7-13(5-6-16(14)25)30-20(33)18-9-28-17(8-29-18)19(26)27/h5-9,12,15,19H,10-11H2,1-4H3,(H,30,33)(H,31,32,34)/t12-,15?,24?/m1/s1. The maximum absolute atomic E-state index is 15.2. The van der Waals surface area contributed by atoms with Gasteiger partial charge in [0.05, 0.1) is 37.6 Å². The van der Waals surface area contributed by atoms with Gasteiger partial charge in [-0.2, -0.15) is 0 Å². The number of hydrogen-bond acceptors (Lipinski definition) is 8. The number of alkyl carbamates (subject to hydrolysis) is 1. The van der Waals surface area contributed by atoms with Gasteiger partial charge in [-0.05, 0) is 45.9 Å². The number of fused-ring (bicyclic) bond motifs is 1. The number of nitrogens with zero attached hydrogens (tertiary/aromatic N) is 3. The fourth-order valence-corrected chi connectivity index (χ4v) is 4.13. The predicted molar refractivity (Wildman–Crippen MR) is 125 cm³/mol. The van der Waals surface area contributed by atoms with Crippen molar-refractivity contribution in [3.8, 4) is 0 Å². The number of amidine groups is 1. The number of alkyl halides is 2. The Labute approximate surface area is 210 Å². The van der Waals surface area contributed by atoms with Crippen molar-refractivity contribution in [2.45, 2.75) is 51.4 Å². The van der Waals surface area contributed by atoms with E-state index in [2.05, 4.69) is 25.6 Å². The first kappa shape index (κ1) is 26.3. The topological polar surface area (TPSA) is 124 Å². The SMILES string of the molecule is C[C@H]1OCC2(c3cc(NC(=O)c4cnc(C(F)F)cn4)ccc3F)N=C(NC(=O)OC(C)(C)C)OCC12. The Hall–Kier alpha value is -3.74. The van der Waals surface area contributed by atoms with Gasteiger partial charge in [-0.3, -0.25) is 9.78 Å². The van der Waals surface area contributed by atoms with E-state index in [1.54, 1.807) is 20.8 Å². The first-order chi connectivity index (χ1) is 17.4. The number of anilines is 1. The van der Waals surface area contributed by atoms with Crippen molar-refractivity contribution >= 4 is 23.7 Å². The zero-order valence-corrected chi connectivity index (χ0v) is 20.5. The van der Waals surface area contributed by atoms with Gasteiger partial charge in [0.1, 0.15) is 28.3 Å². The zero-order valence-electron chi connectivity index (χ0n) is 20.5. The molecule has 0 saturated carbocycles. The summed E-state index contributed by atoms with van der Waals surface area (Å²) in [6.07, 6.45) is -2.20. The zero-order chi connectivity index (χ0) is 27.0. The van der Waals surface area contributed by atoms with Gasteiger partial charge < -0.3 is 19.5 Å². The molecule has 3 heterocycles. The van der Waals surface area contributed by atoms with Crippen molar-refractivity contribution < 1.29 is 37.0 Å². The lowest BCUT2D eigenvalue weighted by atomic mass is 9.78. The number of nitrogens with one attached hydrogen (secondary N) is 2. The lowest BCUT2D eigenvalue weighted by molar-refractivity contribution is 0.0524. The molecule has 1 saturated heterocycles. The Balaban J connectivity index is 1.63. The smallest absolute Gasteiger partial charge is 0.415 e. The number of benzene rings is 1. The Kier molecular flexibility index (Phi) is 7.09. The molecule has 0 spiro atoms. The van der Waals surface area contributed by atoms with Gasteiger partial charge in [0.2, 0.25) is 0 Å². The van der Waals surface area contributed by atoms with Gasteiger partial charge in [0, 0.05) is 11.3 Å². The van der Waals surface area contributed by atoms with E-state index in [0.717, 1.165) is 18.5 Å². The molecule has 1 fully saturated rings. The predicted octanol–water partition coefficient (Wildman–Crippen LogP) is 3.95. The van der Waals surface area contributed by atoms with E-state index in [1.165, 1.54) is 12.1 Å². The summed E-state index contributed by atoms with van der Waals surface area (Å²) in [6.45, 7) is 6.99. The molecule has 2 aliphatic heterocycles. The summed E-state index contributed by atoms with van der Waals surface area (Å²) in [4.78, 5) is 36.6. The molecule has 2 amide bonds. The van der Waals surface area contributed by atoms with Crippen molar-refractivity contribution in [1.29, 1.82) is 0 Å². The van der Waals surface area contributed by atoms with Crippen molar-refractivity contribution in [1.82, 2.24) is 15.3 Å². The van der Waals surface area contributed by atoms with E-state index < -0.39 is 47.0 Å². The maximum atomic E-state index is 15.2. The maximum Gasteiger partial charge on any atom is 0.415 e. The number of rotatable bonds is 4. The second-order valence-electron chi connectivity index (χ2n) is 9.68. The van der Waals surface area contributed by atoms with Crippen LogP contribution >= 0.6 is 0 Å². The number of aromatic nitrogens is 2. The summed E-state index contributed by atoms with van der Waals surface area (Å²) in [5.74, 6) is -1.73. The second-order valence-corrected chi connectivity index (χ2v) is 9.68. The van der Waals surface area contributed by atoms with E-state index in [4.69, 9.17) is 14.2 Å². The molecule has 4 rings (SSSR count). The van der Waals surface area contributed by atoms with Crippen LogP contribution in [0.3, 0.4) is 0 Å². The number of carbonyl (C=O) groups excluding carboxylic acids is 2. The Morgan fingerprint density at radius 1 is 1.19 bits per heavy atom. The van der Waals surface area contributed by atoms with Gasteiger partial charge in [-0.15, -0.1) is 0 Å². The average Bonchev–Trinajstić information content (AvgIpc) is 3.15. The molecule has 1 aromatic carbocycles. The van der Waals surface area contributed by atoms with Crippen molar-refractivity contribution in [3.05, 3.63) is 53.4 Å². The van der Waals surface area contributed by atoms with E-state index >= 15 is 4.39 Å². The van der Waals surface area contributed by atoms with E-state index in [1.807, 2.05) is 6.92 Å². The van der Waals surface area contributed by atoms with Gasteiger partial charge in [-0.1, -0.05) is 0 Å². The summed E-state index contributed by atoms with van der Waals surface area (Å²) < 4.78 is 57.3. The number of aliphatic imine (C=N–C) groups is 1. The van der Waals surface area contributed by atoms with Crippen LogP contribution in [0.1, 0.15) is 55.9 Å². The van der Waals surface area contributed by atoms with Crippen LogP contribution in [0.2, 0.25) is 0 Å². The number of halogens is 3. The van der Waals surface area contributed by atoms with Crippen LogP contribution in [-0.4, -0.2) is 52.9 Å². The fraction of sp³-hybridized carbons (Fsp3) is 0.458. The highest BCUT2D eigenvalue weighted by molar-refractivity contribution is 6.02. The summed E-state index contributed by atoms with van der Waals surface area (Å²) in [7, 11) is 0. The van der Waals surface area contributed by atoms with Gasteiger partial charge in [0.15, 0.2) is 0 Å². The minimum atomic E-state index is -2.82. The Bertz CT molecular complexity index is 1220. The molecule has 0 bridgehead atoms. The van der Waals surface area contributed by atoms with Gasteiger partial charge >= 0.3 is 6.09 Å². The molecular formula is C24H26F3N5O5. The first-order valence-corrected chi connectivity index (χ1v) is 11.4. The lowest BCUT2D eigenvalue weighted by Gasteiger charge is -2.36. The Morgan fingerprint density at radius 2 is 1.95 bits per heavy atom. The summed E-state index contributed by atoms with van der Waals surface area (Å²) in [5.41, 5.74) is -2.45. The number of carbonyl (C=O) groups is 2. The molecule has 10 nitrogen and oxygen atoms in total. The fourth-order valence-electron chi connectivity index (χ4n) is 4.13. The van der Waals surface area contributed by atoms with Crippen LogP contribution in [0.4, 0.5) is 23.7 Å². The quantitative estimate of drug-likeness (QED) is 0.625. The molecule has 2 N–H and O–H groups in total. The third kappa shape index (κ3) is 5.66. The molecule has 2 unspecified atom stereocenters. The number of ether oxygens (including phenoxy) is 3. The van der Waals surface area contributed by atoms with Crippen LogP contribution in [0.15, 0.2) is 35.6 Å². The average molecular weight is 521 g/mol. The van der Waals surface area contributed by atoms with Crippen molar-refractivity contribution in [2.75, 3.05) is 18.5 Å². The molecule has 1 aromatic heterocycles. The summed E-state index contributed by atoms with van der Waals surface area (Å²) in [6, 6.07) is 3.76. The highest BCUT2D eigenvalue weighted by Crippen LogP contribution is 2.46. The molecular weight excluding hydrogens is 495 g/mol. The Morgan fingerprint density at radius 3 is 2.59 bits per heavy atom. The van der Waals surface area contributed by atoms with Crippen LogP contribution in [0.25, 0.3) is 0 Å². The minimum absolute atomic E-state index is 0.00340. The van der Waals surface area contributed by atoms with E-state index in [0.29, 0.717) is 0 Å². The molecule has 198 valence electrons. The largest absolute Gasteiger partial charge is 0.464 e. The minimum Gasteiger partial charge on any atom is -0.464 e. The highest BCUT2D eigenvalue weighted by Gasteiger charge is 2.54. The van der Waals surface area contributed by atoms with E-state index in [9.17, 15) is 18.4 Å². The highest BCUT2D eigenvalue weighted by atomic mass is 19.3. The van der Waals surface area contributed by atoms with Crippen LogP contribution in [0.5, 0.6) is 0 Å². The first-order valence-electron chi connectivity index (χ1n) is 11.4. The van der Waals surface area contributed by atoms with E-state index in [-0.39, 0.29) is 42.3 Å². The third-order valence-corrected chi connectivity index (χ3v) is 5.87. The molecule has 2 aliphatic rings. The molecule has 13 heteroatoms. The van der Waals surface area contributed by atoms with Gasteiger partial charge in [-0.25, -0.2) is 33.3 Å². The normalized spacial score (nSPS) is 23.1. The lowest BCUT2D eigenvalue weighted by Crippen LogP contribution is -2.48. The summed E-state index contributed by atoms with van der Waals surface area (Å²) in [5, 5.41) is 5.01. The molecule has 0 radical (unpaired) electrons. The number of hydrogen-bond donors (Lipinski definition) is 2. The van der Waals surface area contributed by atoms with Crippen LogP contribution in [-0.2, 0) is 19.7 Å². The molecule has 2 aromatic rings. The molecule has 0 aliphatic carbocycles. The molecule has 37 heavy (non-hydrogen) atoms. The van der Waals surface area contributed by atoms with Gasteiger partial charge in [0.25, 0.3) is 18.4 Å². The van der Waals surface area contributed by atoms with Crippen LogP contribution in [0, 0.1) is 11.7 Å². The second kappa shape index (κ2) is 9.96. The number of amides is 2. The van der Waals surface area contributed by atoms with Crippen molar-refractivity contribution in [2.24, 2.45) is 10.9 Å². The summed E-state index contributed by atoms with van der Waals surface area (Å²) >= 11 is 0. The van der Waals surface area contributed by atoms with Crippen molar-refractivity contribution in [3.63, 3.8) is 0 Å². The third-order valence-electron chi connectivity index (χ3n) is 5.87. The van der Waals surface area contributed by atoms with Crippen LogP contribution < -0.4 is 10.6 Å².